The van der Waals surface area contributed by atoms with Crippen molar-refractivity contribution in [3.8, 4) is 0 Å². The Bertz CT molecular complexity index is 740. The Hall–Kier alpha value is -2.35. The monoisotopic (exact) mass is 464 g/mol. The third kappa shape index (κ3) is 8.30. The molecule has 0 aromatic carbocycles. The second-order valence-corrected chi connectivity index (χ2v) is 7.43. The number of rotatable bonds is 6. The minimum atomic E-state index is -5.08. The van der Waals surface area contributed by atoms with Crippen molar-refractivity contribution in [3.63, 3.8) is 0 Å². The van der Waals surface area contributed by atoms with Crippen LogP contribution in [0.5, 0.6) is 0 Å². The molecular formula is C19H27F3N4O6. The third-order valence-corrected chi connectivity index (χ3v) is 4.96. The summed E-state index contributed by atoms with van der Waals surface area (Å²) in [6.45, 7) is 5.12. The summed E-state index contributed by atoms with van der Waals surface area (Å²) in [6.07, 6.45) is -0.263. The molecule has 0 bridgehead atoms. The molecule has 180 valence electrons. The van der Waals surface area contributed by atoms with Crippen LogP contribution in [0.4, 0.5) is 13.2 Å². The van der Waals surface area contributed by atoms with Crippen molar-refractivity contribution in [2.75, 3.05) is 53.1 Å². The zero-order valence-corrected chi connectivity index (χ0v) is 17.6. The molecule has 1 amide bonds. The van der Waals surface area contributed by atoms with Gasteiger partial charge in [-0.3, -0.25) is 9.69 Å². The molecule has 2 atom stereocenters. The first-order valence-corrected chi connectivity index (χ1v) is 9.97. The van der Waals surface area contributed by atoms with Crippen molar-refractivity contribution in [3.05, 3.63) is 24.0 Å². The summed E-state index contributed by atoms with van der Waals surface area (Å²) in [4.78, 5) is 23.3. The normalized spacial score (nSPS) is 23.8. The average molecular weight is 464 g/mol. The van der Waals surface area contributed by atoms with Gasteiger partial charge in [-0.2, -0.15) is 23.4 Å². The Morgan fingerprint density at radius 3 is 2.78 bits per heavy atom. The van der Waals surface area contributed by atoms with E-state index in [1.54, 1.807) is 13.2 Å². The van der Waals surface area contributed by atoms with E-state index in [0.29, 0.717) is 31.9 Å². The summed E-state index contributed by atoms with van der Waals surface area (Å²) in [5.41, 5.74) is 0.226. The summed E-state index contributed by atoms with van der Waals surface area (Å²) < 4.78 is 49.0. The number of carboxylic acids is 1. The molecule has 2 fully saturated rings. The number of hydrogen-bond acceptors (Lipinski definition) is 8. The van der Waals surface area contributed by atoms with Crippen molar-refractivity contribution in [1.82, 2.24) is 20.4 Å². The summed E-state index contributed by atoms with van der Waals surface area (Å²) in [5, 5.41) is 17.4. The molecule has 3 heterocycles. The van der Waals surface area contributed by atoms with Crippen molar-refractivity contribution in [1.29, 1.82) is 0 Å². The van der Waals surface area contributed by atoms with Crippen molar-refractivity contribution < 1.29 is 42.1 Å². The molecule has 1 aromatic heterocycles. The predicted octanol–water partition coefficient (Wildman–Crippen LogP) is 0.736. The van der Waals surface area contributed by atoms with Crippen LogP contribution < -0.4 is 5.32 Å². The summed E-state index contributed by atoms with van der Waals surface area (Å²) >= 11 is 0. The van der Waals surface area contributed by atoms with E-state index in [0.717, 1.165) is 32.5 Å². The third-order valence-electron chi connectivity index (χ3n) is 4.96. The van der Waals surface area contributed by atoms with Gasteiger partial charge in [0.15, 0.2) is 0 Å². The van der Waals surface area contributed by atoms with Gasteiger partial charge >= 0.3 is 12.1 Å². The average Bonchev–Trinajstić information content (AvgIpc) is 3.04. The van der Waals surface area contributed by atoms with E-state index in [-0.39, 0.29) is 17.6 Å². The lowest BCUT2D eigenvalue weighted by Gasteiger charge is -2.31. The van der Waals surface area contributed by atoms with Crippen molar-refractivity contribution in [2.24, 2.45) is 0 Å². The molecule has 2 unspecified atom stereocenters. The molecule has 0 saturated carbocycles. The lowest BCUT2D eigenvalue weighted by atomic mass is 10.00. The second kappa shape index (κ2) is 12.0. The highest BCUT2D eigenvalue weighted by Gasteiger charge is 2.43. The second-order valence-electron chi connectivity index (χ2n) is 7.43. The van der Waals surface area contributed by atoms with E-state index in [4.69, 9.17) is 24.1 Å². The smallest absolute Gasteiger partial charge is 0.475 e. The number of hydrogen-bond donors (Lipinski definition) is 2. The number of nitrogens with one attached hydrogen (secondary N) is 1. The standard InChI is InChI=1S/C17H26N4O4.C2HF3O2/c1-23-8-6-21-7-9-24-13-17(12-21)4-2-15(25-17)11-18-16(22)14-3-5-19-20-10-14;3-2(4,5)1(6)7/h3,5,10,15H,2,4,6-9,11-13H2,1H3,(H,18,22);(H,6,7). The number of nitrogens with zero attached hydrogens (tertiary/aromatic N) is 3. The van der Waals surface area contributed by atoms with Crippen molar-refractivity contribution >= 4 is 11.9 Å². The number of carbonyl (C=O) groups is 2. The fourth-order valence-electron chi connectivity index (χ4n) is 3.39. The lowest BCUT2D eigenvalue weighted by Crippen LogP contribution is -2.46. The molecule has 1 aromatic rings. The highest BCUT2D eigenvalue weighted by atomic mass is 19.4. The van der Waals surface area contributed by atoms with Crippen LogP contribution in [-0.4, -0.2) is 103 Å². The predicted molar refractivity (Wildman–Crippen MR) is 104 cm³/mol. The molecule has 10 nitrogen and oxygen atoms in total. The van der Waals surface area contributed by atoms with Gasteiger partial charge < -0.3 is 24.6 Å². The van der Waals surface area contributed by atoms with Crippen LogP contribution in [0, 0.1) is 0 Å². The lowest BCUT2D eigenvalue weighted by molar-refractivity contribution is -0.192. The molecule has 2 saturated heterocycles. The van der Waals surface area contributed by atoms with Gasteiger partial charge in [0, 0.05) is 33.3 Å². The quantitative estimate of drug-likeness (QED) is 0.627. The van der Waals surface area contributed by atoms with Crippen LogP contribution in [0.2, 0.25) is 0 Å². The van der Waals surface area contributed by atoms with Gasteiger partial charge in [0.25, 0.3) is 5.91 Å². The highest BCUT2D eigenvalue weighted by molar-refractivity contribution is 5.93. The molecule has 13 heteroatoms. The number of alkyl halides is 3. The van der Waals surface area contributed by atoms with Crippen LogP contribution in [0.1, 0.15) is 23.2 Å². The molecule has 0 aliphatic carbocycles. The minimum Gasteiger partial charge on any atom is -0.475 e. The van der Waals surface area contributed by atoms with Gasteiger partial charge in [-0.15, -0.1) is 0 Å². The van der Waals surface area contributed by atoms with E-state index >= 15 is 0 Å². The zero-order valence-electron chi connectivity index (χ0n) is 17.6. The first kappa shape index (κ1) is 25.9. The number of halogens is 3. The number of methoxy groups -OCH3 is 1. The maximum atomic E-state index is 12.1. The molecule has 2 aliphatic heterocycles. The highest BCUT2D eigenvalue weighted by Crippen LogP contribution is 2.32. The largest absolute Gasteiger partial charge is 0.490 e. The Balaban J connectivity index is 0.000000451. The number of aliphatic carboxylic acids is 1. The first-order valence-electron chi connectivity index (χ1n) is 9.97. The minimum absolute atomic E-state index is 0.00437. The van der Waals surface area contributed by atoms with E-state index in [9.17, 15) is 18.0 Å². The Kier molecular flexibility index (Phi) is 9.75. The Labute approximate surface area is 183 Å². The Morgan fingerprint density at radius 1 is 1.41 bits per heavy atom. The fraction of sp³-hybridized carbons (Fsp3) is 0.684. The molecular weight excluding hydrogens is 437 g/mol. The van der Waals surface area contributed by atoms with Gasteiger partial charge in [0.1, 0.15) is 5.60 Å². The summed E-state index contributed by atoms with van der Waals surface area (Å²) in [6, 6.07) is 1.64. The number of amides is 1. The molecule has 3 rings (SSSR count). The van der Waals surface area contributed by atoms with Crippen LogP contribution in [0.25, 0.3) is 0 Å². The molecule has 32 heavy (non-hydrogen) atoms. The molecule has 0 radical (unpaired) electrons. The van der Waals surface area contributed by atoms with Gasteiger partial charge in [-0.1, -0.05) is 0 Å². The van der Waals surface area contributed by atoms with Crippen LogP contribution >= 0.6 is 0 Å². The maximum absolute atomic E-state index is 12.1. The number of carboxylic acid groups (broad SMARTS) is 1. The van der Waals surface area contributed by atoms with Crippen LogP contribution in [0.15, 0.2) is 18.5 Å². The van der Waals surface area contributed by atoms with Gasteiger partial charge in [0.05, 0.1) is 43.9 Å². The first-order chi connectivity index (χ1) is 15.1. The van der Waals surface area contributed by atoms with Crippen LogP contribution in [-0.2, 0) is 19.0 Å². The fourth-order valence-corrected chi connectivity index (χ4v) is 3.39. The maximum Gasteiger partial charge on any atom is 0.490 e. The Morgan fingerprint density at radius 2 is 2.16 bits per heavy atom. The van der Waals surface area contributed by atoms with E-state index in [2.05, 4.69) is 20.4 Å². The van der Waals surface area contributed by atoms with Gasteiger partial charge in [-0.25, -0.2) is 4.79 Å². The summed E-state index contributed by atoms with van der Waals surface area (Å²) in [5.74, 6) is -2.91. The number of carbonyl (C=O) groups excluding carboxylic acids is 1. The van der Waals surface area contributed by atoms with Gasteiger partial charge in [-0.05, 0) is 18.9 Å². The summed E-state index contributed by atoms with van der Waals surface area (Å²) in [7, 11) is 1.72. The number of ether oxygens (including phenoxy) is 3. The number of aromatic nitrogens is 2. The molecule has 2 aliphatic rings. The van der Waals surface area contributed by atoms with Crippen molar-refractivity contribution in [2.45, 2.75) is 30.7 Å². The van der Waals surface area contributed by atoms with E-state index in [1.165, 1.54) is 12.4 Å². The zero-order chi connectivity index (χ0) is 23.6. The van der Waals surface area contributed by atoms with E-state index < -0.39 is 12.1 Å². The van der Waals surface area contributed by atoms with Crippen LogP contribution in [0.3, 0.4) is 0 Å². The molecule has 2 N–H and O–H groups in total. The van der Waals surface area contributed by atoms with E-state index in [1.807, 2.05) is 0 Å². The van der Waals surface area contributed by atoms with Gasteiger partial charge in [0.2, 0.25) is 0 Å². The topological polar surface area (TPSA) is 123 Å². The molecule has 1 spiro atoms. The SMILES string of the molecule is COCCN1CCOCC2(CCC(CNC(=O)c3ccnnc3)O2)C1.O=C(O)C(F)(F)F.